The van der Waals surface area contributed by atoms with Gasteiger partial charge in [0.1, 0.15) is 0 Å². The predicted octanol–water partition coefficient (Wildman–Crippen LogP) is 4.08. The largest absolute Gasteiger partial charge is 0.382 e. The van der Waals surface area contributed by atoms with Crippen LogP contribution >= 0.6 is 0 Å². The van der Waals surface area contributed by atoms with Gasteiger partial charge in [-0.25, -0.2) is 18.4 Å². The van der Waals surface area contributed by atoms with Gasteiger partial charge >= 0.3 is 0 Å². The van der Waals surface area contributed by atoms with Crippen LogP contribution in [0.4, 0.5) is 11.5 Å². The second-order valence-electron chi connectivity index (χ2n) is 10.8. The number of benzene rings is 2. The maximum atomic E-state index is 14.3. The molecule has 0 aliphatic rings. The number of anilines is 2. The second-order valence-corrected chi connectivity index (χ2v) is 12.6. The molecule has 0 unspecified atom stereocenters. The summed E-state index contributed by atoms with van der Waals surface area (Å²) >= 11 is 0. The monoisotopic (exact) mass is 656 g/mol. The Bertz CT molecular complexity index is 2410. The minimum atomic E-state index is -3.55. The Hall–Kier alpha value is -6.39. The van der Waals surface area contributed by atoms with Crippen molar-refractivity contribution in [3.05, 3.63) is 137 Å². The normalized spacial score (nSPS) is 11.7. The van der Waals surface area contributed by atoms with E-state index < -0.39 is 22.0 Å². The number of hydrogen-bond acceptors (Lipinski definition) is 9. The highest BCUT2D eigenvalue weighted by atomic mass is 32.2. The summed E-state index contributed by atoms with van der Waals surface area (Å²) in [5.41, 5.74) is 8.96. The third kappa shape index (κ3) is 6.88. The highest BCUT2D eigenvalue weighted by Crippen LogP contribution is 2.25. The molecule has 0 radical (unpaired) electrons. The Morgan fingerprint density at radius 3 is 2.46 bits per heavy atom. The van der Waals surface area contributed by atoms with Gasteiger partial charge in [0.15, 0.2) is 11.5 Å². The molecule has 6 rings (SSSR count). The fourth-order valence-corrected chi connectivity index (χ4v) is 5.66. The van der Waals surface area contributed by atoms with Crippen LogP contribution < -0.4 is 21.3 Å². The molecular formula is C35H28N8O4S. The van der Waals surface area contributed by atoms with Crippen molar-refractivity contribution in [2.75, 3.05) is 16.7 Å². The standard InChI is InChI=1S/C35H28N8O4S/c1-22(40-34(44)32-33(36)39-21-29(41-32)26-17-27(20-38-19-26)42-48(2,46)47)30-18-25-8-6-7-24(12-11-23-13-15-37-16-14-23)31(25)35(45)43(30)28-9-4-3-5-10-28/h3-10,13-22,42H,1-2H3,(H2,36,39)(H,40,44)/t22-/m1/s1. The molecule has 0 saturated carbocycles. The van der Waals surface area contributed by atoms with Crippen molar-refractivity contribution >= 4 is 38.2 Å². The number of fused-ring (bicyclic) bond motifs is 1. The number of sulfonamides is 1. The van der Waals surface area contributed by atoms with E-state index in [4.69, 9.17) is 5.73 Å². The average Bonchev–Trinajstić information content (AvgIpc) is 3.07. The predicted molar refractivity (Wildman–Crippen MR) is 184 cm³/mol. The number of carbonyl (C=O) groups excluding carboxylic acids is 1. The van der Waals surface area contributed by atoms with Crippen LogP contribution in [0.2, 0.25) is 0 Å². The molecule has 4 aromatic heterocycles. The second kappa shape index (κ2) is 13.1. The van der Waals surface area contributed by atoms with E-state index in [1.165, 1.54) is 24.7 Å². The number of aromatic nitrogens is 5. The van der Waals surface area contributed by atoms with Gasteiger partial charge in [0.05, 0.1) is 41.5 Å². The van der Waals surface area contributed by atoms with E-state index in [0.29, 0.717) is 33.3 Å². The summed E-state index contributed by atoms with van der Waals surface area (Å²) in [6, 6.07) is 20.8. The number of rotatable bonds is 7. The first-order chi connectivity index (χ1) is 23.1. The quantitative estimate of drug-likeness (QED) is 0.214. The minimum Gasteiger partial charge on any atom is -0.382 e. The lowest BCUT2D eigenvalue weighted by Crippen LogP contribution is -2.33. The number of nitrogens with two attached hydrogens (primary N) is 1. The van der Waals surface area contributed by atoms with Crippen molar-refractivity contribution in [3.63, 3.8) is 0 Å². The number of nitrogens with one attached hydrogen (secondary N) is 2. The molecule has 4 heterocycles. The Morgan fingerprint density at radius 1 is 0.938 bits per heavy atom. The van der Waals surface area contributed by atoms with Crippen LogP contribution in [0.1, 0.15) is 40.3 Å². The van der Waals surface area contributed by atoms with Crippen molar-refractivity contribution in [1.82, 2.24) is 29.8 Å². The number of amides is 1. The van der Waals surface area contributed by atoms with E-state index in [2.05, 4.69) is 41.8 Å². The first-order valence-corrected chi connectivity index (χ1v) is 16.5. The molecule has 0 saturated heterocycles. The Balaban J connectivity index is 1.39. The topological polar surface area (TPSA) is 175 Å². The molecule has 6 aromatic rings. The number of para-hydroxylation sites is 1. The molecule has 48 heavy (non-hydrogen) atoms. The maximum Gasteiger partial charge on any atom is 0.274 e. The highest BCUT2D eigenvalue weighted by Gasteiger charge is 2.22. The molecule has 0 fully saturated rings. The number of carbonyl (C=O) groups is 1. The van der Waals surface area contributed by atoms with E-state index in [0.717, 1.165) is 11.8 Å². The molecule has 0 bridgehead atoms. The number of pyridine rings is 3. The maximum absolute atomic E-state index is 14.3. The molecule has 0 aliphatic carbocycles. The fourth-order valence-electron chi connectivity index (χ4n) is 5.12. The van der Waals surface area contributed by atoms with Crippen molar-refractivity contribution in [2.45, 2.75) is 13.0 Å². The van der Waals surface area contributed by atoms with Crippen LogP contribution in [-0.2, 0) is 10.0 Å². The first kappa shape index (κ1) is 31.6. The average molecular weight is 657 g/mol. The molecule has 12 nitrogen and oxygen atoms in total. The first-order valence-electron chi connectivity index (χ1n) is 14.6. The van der Waals surface area contributed by atoms with Gasteiger partial charge in [-0.2, -0.15) is 0 Å². The van der Waals surface area contributed by atoms with Gasteiger partial charge < -0.3 is 11.1 Å². The zero-order chi connectivity index (χ0) is 33.8. The molecule has 1 amide bonds. The lowest BCUT2D eigenvalue weighted by molar-refractivity contribution is 0.0934. The lowest BCUT2D eigenvalue weighted by Gasteiger charge is -2.21. The van der Waals surface area contributed by atoms with E-state index in [9.17, 15) is 18.0 Å². The Labute approximate surface area is 275 Å². The van der Waals surface area contributed by atoms with E-state index >= 15 is 0 Å². The summed E-state index contributed by atoms with van der Waals surface area (Å²) in [5, 5.41) is 4.01. The van der Waals surface area contributed by atoms with Gasteiger partial charge in [-0.15, -0.1) is 0 Å². The smallest absolute Gasteiger partial charge is 0.274 e. The Kier molecular flexibility index (Phi) is 8.65. The van der Waals surface area contributed by atoms with E-state index in [1.807, 2.05) is 48.5 Å². The van der Waals surface area contributed by atoms with Gasteiger partial charge in [0.25, 0.3) is 11.5 Å². The summed E-state index contributed by atoms with van der Waals surface area (Å²) in [5.74, 6) is 5.50. The molecule has 238 valence electrons. The van der Waals surface area contributed by atoms with E-state index in [1.54, 1.807) is 42.1 Å². The SMILES string of the molecule is C[C@@H](NC(=O)c1nc(-c2cncc(NS(C)(=O)=O)c2)cnc1N)c1cc2cccc(C#Cc3ccncc3)c2c(=O)n1-c1ccccc1. The molecule has 4 N–H and O–H groups in total. The molecule has 2 aromatic carbocycles. The van der Waals surface area contributed by atoms with Gasteiger partial charge in [-0.1, -0.05) is 42.2 Å². The summed E-state index contributed by atoms with van der Waals surface area (Å²) in [6.45, 7) is 1.75. The van der Waals surface area contributed by atoms with Crippen molar-refractivity contribution in [2.24, 2.45) is 0 Å². The summed E-state index contributed by atoms with van der Waals surface area (Å²) in [7, 11) is -3.55. The van der Waals surface area contributed by atoms with Gasteiger partial charge in [-0.3, -0.25) is 28.8 Å². The molecule has 13 heteroatoms. The van der Waals surface area contributed by atoms with Crippen LogP contribution in [-0.4, -0.2) is 45.1 Å². The third-order valence-corrected chi connectivity index (χ3v) is 7.86. The van der Waals surface area contributed by atoms with Crippen LogP contribution in [0.25, 0.3) is 27.7 Å². The summed E-state index contributed by atoms with van der Waals surface area (Å²) in [4.78, 5) is 44.6. The Morgan fingerprint density at radius 2 is 1.71 bits per heavy atom. The van der Waals surface area contributed by atoms with Crippen molar-refractivity contribution in [3.8, 4) is 28.8 Å². The molecule has 0 aliphatic heterocycles. The minimum absolute atomic E-state index is 0.113. The van der Waals surface area contributed by atoms with Crippen LogP contribution in [0, 0.1) is 11.8 Å². The van der Waals surface area contributed by atoms with E-state index in [-0.39, 0.29) is 28.5 Å². The lowest BCUT2D eigenvalue weighted by atomic mass is 10.0. The van der Waals surface area contributed by atoms with Crippen LogP contribution in [0.5, 0.6) is 0 Å². The summed E-state index contributed by atoms with van der Waals surface area (Å²) < 4.78 is 27.3. The highest BCUT2D eigenvalue weighted by molar-refractivity contribution is 7.92. The van der Waals surface area contributed by atoms with Gasteiger partial charge in [0.2, 0.25) is 10.0 Å². The van der Waals surface area contributed by atoms with Gasteiger partial charge in [-0.05, 0) is 54.8 Å². The zero-order valence-electron chi connectivity index (χ0n) is 25.7. The van der Waals surface area contributed by atoms with Crippen molar-refractivity contribution < 1.29 is 13.2 Å². The zero-order valence-corrected chi connectivity index (χ0v) is 26.6. The number of nitrogens with zero attached hydrogens (tertiary/aromatic N) is 5. The van der Waals surface area contributed by atoms with Crippen LogP contribution in [0.15, 0.2) is 109 Å². The molecule has 0 spiro atoms. The molecule has 1 atom stereocenters. The number of hydrogen-bond donors (Lipinski definition) is 3. The number of nitrogen functional groups attached to an aromatic ring is 1. The fraction of sp³-hybridized carbons (Fsp3) is 0.0857. The van der Waals surface area contributed by atoms with Crippen LogP contribution in [0.3, 0.4) is 0 Å². The summed E-state index contributed by atoms with van der Waals surface area (Å²) in [6.07, 6.45) is 8.50. The molecular weight excluding hydrogens is 629 g/mol. The third-order valence-electron chi connectivity index (χ3n) is 7.26. The van der Waals surface area contributed by atoms with Crippen molar-refractivity contribution in [1.29, 1.82) is 0 Å². The van der Waals surface area contributed by atoms with Gasteiger partial charge in [0, 0.05) is 46.7 Å².